The minimum absolute atomic E-state index is 0.00531. The molecule has 1 unspecified atom stereocenters. The van der Waals surface area contributed by atoms with Gasteiger partial charge in [-0.05, 0) is 31.5 Å². The summed E-state index contributed by atoms with van der Waals surface area (Å²) in [5.74, 6) is 0.615. The van der Waals surface area contributed by atoms with Crippen molar-refractivity contribution >= 4 is 5.84 Å². The van der Waals surface area contributed by atoms with Crippen LogP contribution >= 0.6 is 0 Å². The van der Waals surface area contributed by atoms with Crippen molar-refractivity contribution in [3.8, 4) is 5.75 Å². The number of nitrogens with two attached hydrogens (primary N) is 1. The van der Waals surface area contributed by atoms with Gasteiger partial charge in [-0.3, -0.25) is 10.1 Å². The van der Waals surface area contributed by atoms with Crippen LogP contribution in [0.15, 0.2) is 36.5 Å². The number of hydrogen-bond acceptors (Lipinski definition) is 3. The Labute approximate surface area is 118 Å². The minimum atomic E-state index is 0.00531. The molecule has 0 fully saturated rings. The van der Waals surface area contributed by atoms with E-state index < -0.39 is 0 Å². The van der Waals surface area contributed by atoms with E-state index in [1.54, 1.807) is 6.07 Å². The Balaban J connectivity index is 2.06. The van der Waals surface area contributed by atoms with Crippen LogP contribution in [-0.4, -0.2) is 15.6 Å². The fraction of sp³-hybridized carbons (Fsp3) is 0.333. The van der Waals surface area contributed by atoms with E-state index in [0.29, 0.717) is 24.0 Å². The summed E-state index contributed by atoms with van der Waals surface area (Å²) in [6.07, 6.45) is 3.00. The molecule has 1 aromatic heterocycles. The number of aromatic nitrogens is 2. The number of benzene rings is 1. The van der Waals surface area contributed by atoms with Crippen molar-refractivity contribution in [3.63, 3.8) is 0 Å². The van der Waals surface area contributed by atoms with Crippen molar-refractivity contribution < 1.29 is 4.74 Å². The summed E-state index contributed by atoms with van der Waals surface area (Å²) in [6, 6.07) is 9.61. The highest BCUT2D eigenvalue weighted by Gasteiger charge is 2.08. The van der Waals surface area contributed by atoms with Gasteiger partial charge in [-0.15, -0.1) is 0 Å². The fourth-order valence-corrected chi connectivity index (χ4v) is 1.85. The van der Waals surface area contributed by atoms with E-state index in [-0.39, 0.29) is 5.84 Å². The van der Waals surface area contributed by atoms with Gasteiger partial charge < -0.3 is 10.5 Å². The lowest BCUT2D eigenvalue weighted by atomic mass is 10.2. The van der Waals surface area contributed by atoms with Crippen LogP contribution in [0, 0.1) is 5.41 Å². The summed E-state index contributed by atoms with van der Waals surface area (Å²) in [6.45, 7) is 4.63. The van der Waals surface area contributed by atoms with Crippen LogP contribution in [-0.2, 0) is 6.61 Å². The van der Waals surface area contributed by atoms with E-state index in [4.69, 9.17) is 15.9 Å². The molecule has 1 heterocycles. The molecule has 106 valence electrons. The Morgan fingerprint density at radius 1 is 1.40 bits per heavy atom. The summed E-state index contributed by atoms with van der Waals surface area (Å²) in [4.78, 5) is 0. The first kappa shape index (κ1) is 14.1. The Kier molecular flexibility index (Phi) is 4.40. The lowest BCUT2D eigenvalue weighted by Gasteiger charge is -2.10. The molecule has 2 rings (SSSR count). The molecule has 0 spiro atoms. The van der Waals surface area contributed by atoms with Crippen molar-refractivity contribution in [3.05, 3.63) is 47.8 Å². The zero-order chi connectivity index (χ0) is 14.5. The predicted molar refractivity (Wildman–Crippen MR) is 79.0 cm³/mol. The van der Waals surface area contributed by atoms with Gasteiger partial charge in [0.25, 0.3) is 0 Å². The van der Waals surface area contributed by atoms with E-state index in [9.17, 15) is 0 Å². The molecule has 1 atom stereocenters. The van der Waals surface area contributed by atoms with E-state index >= 15 is 0 Å². The highest BCUT2D eigenvalue weighted by molar-refractivity contribution is 5.97. The Hall–Kier alpha value is -2.30. The number of nitrogen functional groups attached to an aromatic ring is 1. The van der Waals surface area contributed by atoms with Gasteiger partial charge in [0.1, 0.15) is 18.2 Å². The number of ether oxygens (including phenoxy) is 1. The summed E-state index contributed by atoms with van der Waals surface area (Å²) in [5.41, 5.74) is 7.00. The molecule has 0 aliphatic carbocycles. The summed E-state index contributed by atoms with van der Waals surface area (Å²) < 4.78 is 7.65. The molecule has 0 aliphatic heterocycles. The predicted octanol–water partition coefficient (Wildman–Crippen LogP) is 2.72. The second kappa shape index (κ2) is 6.23. The van der Waals surface area contributed by atoms with Gasteiger partial charge in [-0.2, -0.15) is 5.10 Å². The van der Waals surface area contributed by atoms with Crippen molar-refractivity contribution in [1.82, 2.24) is 9.78 Å². The minimum Gasteiger partial charge on any atom is -0.486 e. The van der Waals surface area contributed by atoms with Gasteiger partial charge >= 0.3 is 0 Å². The third-order valence-electron chi connectivity index (χ3n) is 3.26. The molecule has 0 saturated carbocycles. The van der Waals surface area contributed by atoms with Gasteiger partial charge in [-0.1, -0.05) is 19.1 Å². The van der Waals surface area contributed by atoms with Crippen molar-refractivity contribution in [1.29, 1.82) is 5.41 Å². The number of nitrogens with zero attached hydrogens (tertiary/aromatic N) is 2. The van der Waals surface area contributed by atoms with Gasteiger partial charge in [-0.25, -0.2) is 0 Å². The van der Waals surface area contributed by atoms with Gasteiger partial charge in [0.05, 0.1) is 11.3 Å². The first-order valence-corrected chi connectivity index (χ1v) is 6.72. The van der Waals surface area contributed by atoms with E-state index in [2.05, 4.69) is 18.9 Å². The molecule has 1 aromatic carbocycles. The number of nitrogens with one attached hydrogen (secondary N) is 1. The third kappa shape index (κ3) is 3.17. The fourth-order valence-electron chi connectivity index (χ4n) is 1.85. The smallest absolute Gasteiger partial charge is 0.132 e. The van der Waals surface area contributed by atoms with Crippen LogP contribution in [0.25, 0.3) is 0 Å². The lowest BCUT2D eigenvalue weighted by molar-refractivity contribution is 0.297. The van der Waals surface area contributed by atoms with Crippen molar-refractivity contribution in [2.75, 3.05) is 0 Å². The largest absolute Gasteiger partial charge is 0.486 e. The first-order valence-electron chi connectivity index (χ1n) is 6.72. The summed E-state index contributed by atoms with van der Waals surface area (Å²) in [5, 5.41) is 12.0. The first-order chi connectivity index (χ1) is 9.61. The van der Waals surface area contributed by atoms with Gasteiger partial charge in [0, 0.05) is 12.2 Å². The normalized spacial score (nSPS) is 12.1. The average Bonchev–Trinajstić information content (AvgIpc) is 2.93. The molecule has 5 heteroatoms. The second-order valence-corrected chi connectivity index (χ2v) is 4.74. The topological polar surface area (TPSA) is 76.9 Å². The van der Waals surface area contributed by atoms with Crippen LogP contribution in [0.5, 0.6) is 5.75 Å². The maximum Gasteiger partial charge on any atom is 0.132 e. The second-order valence-electron chi connectivity index (χ2n) is 4.74. The molecule has 0 amide bonds. The number of hydrogen-bond donors (Lipinski definition) is 2. The molecule has 0 radical (unpaired) electrons. The molecule has 3 N–H and O–H groups in total. The van der Waals surface area contributed by atoms with E-state index in [1.165, 1.54) is 0 Å². The maximum atomic E-state index is 7.52. The van der Waals surface area contributed by atoms with Gasteiger partial charge in [0.2, 0.25) is 0 Å². The van der Waals surface area contributed by atoms with Crippen LogP contribution in [0.4, 0.5) is 0 Å². The Morgan fingerprint density at radius 2 is 2.15 bits per heavy atom. The van der Waals surface area contributed by atoms with E-state index in [1.807, 2.05) is 35.1 Å². The molecule has 0 saturated heterocycles. The molecule has 20 heavy (non-hydrogen) atoms. The molecular formula is C15H20N4O. The van der Waals surface area contributed by atoms with Crippen LogP contribution in [0.2, 0.25) is 0 Å². The summed E-state index contributed by atoms with van der Waals surface area (Å²) >= 11 is 0. The molecule has 5 nitrogen and oxygen atoms in total. The van der Waals surface area contributed by atoms with Gasteiger partial charge in [0.15, 0.2) is 0 Å². The lowest BCUT2D eigenvalue weighted by Crippen LogP contribution is -2.13. The number of para-hydroxylation sites is 1. The zero-order valence-corrected chi connectivity index (χ0v) is 11.8. The SMILES string of the molecule is CCC(C)n1ccc(COc2ccccc2C(=N)N)n1. The van der Waals surface area contributed by atoms with Crippen LogP contribution < -0.4 is 10.5 Å². The van der Waals surface area contributed by atoms with Crippen molar-refractivity contribution in [2.45, 2.75) is 32.9 Å². The van der Waals surface area contributed by atoms with E-state index in [0.717, 1.165) is 12.1 Å². The van der Waals surface area contributed by atoms with Crippen LogP contribution in [0.3, 0.4) is 0 Å². The highest BCUT2D eigenvalue weighted by atomic mass is 16.5. The average molecular weight is 272 g/mol. The Morgan fingerprint density at radius 3 is 2.85 bits per heavy atom. The maximum absolute atomic E-state index is 7.52. The number of amidine groups is 1. The van der Waals surface area contributed by atoms with Crippen LogP contribution in [0.1, 0.15) is 37.6 Å². The highest BCUT2D eigenvalue weighted by Crippen LogP contribution is 2.18. The van der Waals surface area contributed by atoms with Crippen molar-refractivity contribution in [2.24, 2.45) is 5.73 Å². The zero-order valence-electron chi connectivity index (χ0n) is 11.8. The Bertz CT molecular complexity index is 591. The molecule has 0 aliphatic rings. The number of rotatable bonds is 6. The quantitative estimate of drug-likeness (QED) is 0.627. The molecular weight excluding hydrogens is 252 g/mol. The summed E-state index contributed by atoms with van der Waals surface area (Å²) in [7, 11) is 0. The molecule has 2 aromatic rings. The third-order valence-corrected chi connectivity index (χ3v) is 3.26. The molecule has 0 bridgehead atoms. The standard InChI is InChI=1S/C15H20N4O/c1-3-11(2)19-9-8-12(18-19)10-20-14-7-5-4-6-13(14)15(16)17/h4-9,11H,3,10H2,1-2H3,(H3,16,17). The monoisotopic (exact) mass is 272 g/mol.